The van der Waals surface area contributed by atoms with Crippen molar-refractivity contribution in [2.24, 2.45) is 0 Å². The number of hydrogen-bond acceptors (Lipinski definition) is 6. The minimum atomic E-state index is -0.491. The number of aromatic nitrogens is 2. The standard InChI is InChI=1S/C21H20N2O5/c1-3-19(24)28-13-17-20(21(25)14-8-6-5-7-9-14)23(26)18-12-15(27-4-2)10-11-16(18)22-17/h5-12H,3-4,13H2,1-2H3. The van der Waals surface area contributed by atoms with E-state index in [9.17, 15) is 14.8 Å². The Kier molecular flexibility index (Phi) is 5.84. The monoisotopic (exact) mass is 380 g/mol. The minimum absolute atomic E-state index is 0.113. The number of hydrogen-bond donors (Lipinski definition) is 0. The van der Waals surface area contributed by atoms with E-state index in [4.69, 9.17) is 9.47 Å². The minimum Gasteiger partial charge on any atom is -0.618 e. The SMILES string of the molecule is CCOc1ccc2nc(COC(=O)CC)c(C(=O)c3ccccc3)[n+]([O-])c2c1. The van der Waals surface area contributed by atoms with Crippen molar-refractivity contribution in [3.05, 3.63) is 70.7 Å². The molecule has 0 fully saturated rings. The molecule has 0 amide bonds. The van der Waals surface area contributed by atoms with Gasteiger partial charge in [-0.25, -0.2) is 4.98 Å². The van der Waals surface area contributed by atoms with Crippen LogP contribution >= 0.6 is 0 Å². The normalized spacial score (nSPS) is 10.6. The Hall–Kier alpha value is -3.48. The van der Waals surface area contributed by atoms with Crippen molar-refractivity contribution in [1.82, 2.24) is 4.98 Å². The molecule has 2 aromatic carbocycles. The number of fused-ring (bicyclic) bond motifs is 1. The Morgan fingerprint density at radius 3 is 2.54 bits per heavy atom. The summed E-state index contributed by atoms with van der Waals surface area (Å²) in [5.74, 6) is -0.428. The number of nitrogens with zero attached hydrogens (tertiary/aromatic N) is 2. The van der Waals surface area contributed by atoms with Gasteiger partial charge in [0.25, 0.3) is 11.5 Å². The van der Waals surface area contributed by atoms with Gasteiger partial charge in [0.2, 0.25) is 5.52 Å². The molecule has 144 valence electrons. The molecule has 1 aromatic heterocycles. The third-order valence-electron chi connectivity index (χ3n) is 4.12. The zero-order chi connectivity index (χ0) is 20.1. The van der Waals surface area contributed by atoms with Gasteiger partial charge in [-0.1, -0.05) is 37.3 Å². The summed E-state index contributed by atoms with van der Waals surface area (Å²) < 4.78 is 11.1. The molecule has 0 aliphatic rings. The Morgan fingerprint density at radius 2 is 1.86 bits per heavy atom. The summed E-state index contributed by atoms with van der Waals surface area (Å²) in [7, 11) is 0. The molecule has 0 unspecified atom stereocenters. The molecule has 0 spiro atoms. The van der Waals surface area contributed by atoms with Gasteiger partial charge in [-0.3, -0.25) is 9.59 Å². The van der Waals surface area contributed by atoms with E-state index in [0.29, 0.717) is 28.2 Å². The maximum absolute atomic E-state index is 13.1. The molecule has 1 heterocycles. The Morgan fingerprint density at radius 1 is 1.11 bits per heavy atom. The highest BCUT2D eigenvalue weighted by atomic mass is 16.5. The smallest absolute Gasteiger partial charge is 0.305 e. The largest absolute Gasteiger partial charge is 0.618 e. The second kappa shape index (κ2) is 8.47. The van der Waals surface area contributed by atoms with E-state index < -0.39 is 11.8 Å². The topological polar surface area (TPSA) is 92.4 Å². The van der Waals surface area contributed by atoms with Gasteiger partial charge >= 0.3 is 5.97 Å². The summed E-state index contributed by atoms with van der Waals surface area (Å²) in [5, 5.41) is 13.1. The van der Waals surface area contributed by atoms with Gasteiger partial charge in [-0.05, 0) is 19.1 Å². The van der Waals surface area contributed by atoms with Crippen LogP contribution in [-0.2, 0) is 16.1 Å². The lowest BCUT2D eigenvalue weighted by Crippen LogP contribution is -2.38. The van der Waals surface area contributed by atoms with Gasteiger partial charge in [0.15, 0.2) is 5.69 Å². The highest BCUT2D eigenvalue weighted by Crippen LogP contribution is 2.20. The van der Waals surface area contributed by atoms with E-state index in [1.807, 2.05) is 6.92 Å². The first-order valence-corrected chi connectivity index (χ1v) is 8.99. The van der Waals surface area contributed by atoms with Crippen LogP contribution < -0.4 is 9.47 Å². The first-order valence-electron chi connectivity index (χ1n) is 8.99. The maximum atomic E-state index is 13.1. The van der Waals surface area contributed by atoms with Crippen LogP contribution in [0.5, 0.6) is 5.75 Å². The molecule has 7 nitrogen and oxygen atoms in total. The highest BCUT2D eigenvalue weighted by Gasteiger charge is 2.28. The number of ketones is 1. The van der Waals surface area contributed by atoms with Crippen molar-refractivity contribution in [2.45, 2.75) is 26.9 Å². The predicted octanol–water partition coefficient (Wildman–Crippen LogP) is 2.95. The lowest BCUT2D eigenvalue weighted by molar-refractivity contribution is -0.580. The molecular weight excluding hydrogens is 360 g/mol. The second-order valence-corrected chi connectivity index (χ2v) is 5.99. The molecule has 0 atom stereocenters. The van der Waals surface area contributed by atoms with E-state index in [0.717, 1.165) is 0 Å². The van der Waals surface area contributed by atoms with Crippen LogP contribution in [0.4, 0.5) is 0 Å². The van der Waals surface area contributed by atoms with Crippen molar-refractivity contribution in [2.75, 3.05) is 6.61 Å². The first kappa shape index (κ1) is 19.3. The average molecular weight is 380 g/mol. The first-order chi connectivity index (χ1) is 13.5. The molecule has 0 saturated carbocycles. The number of carbonyl (C=O) groups excluding carboxylic acids is 2. The van der Waals surface area contributed by atoms with Crippen molar-refractivity contribution in [3.63, 3.8) is 0 Å². The summed E-state index contributed by atoms with van der Waals surface area (Å²) in [5.41, 5.74) is 0.872. The molecule has 3 rings (SSSR count). The van der Waals surface area contributed by atoms with Gasteiger partial charge in [0.05, 0.1) is 12.7 Å². The average Bonchev–Trinajstić information content (AvgIpc) is 2.73. The lowest BCUT2D eigenvalue weighted by Gasteiger charge is -2.12. The molecule has 0 aliphatic carbocycles. The van der Waals surface area contributed by atoms with E-state index >= 15 is 0 Å². The van der Waals surface area contributed by atoms with Crippen LogP contribution in [0, 0.1) is 5.21 Å². The van der Waals surface area contributed by atoms with E-state index in [1.165, 1.54) is 0 Å². The Balaban J connectivity index is 2.16. The summed E-state index contributed by atoms with van der Waals surface area (Å²) in [6.07, 6.45) is 0.185. The Labute approximate surface area is 162 Å². The van der Waals surface area contributed by atoms with Crippen LogP contribution in [0.15, 0.2) is 48.5 Å². The molecule has 0 radical (unpaired) electrons. The second-order valence-electron chi connectivity index (χ2n) is 5.99. The fourth-order valence-electron chi connectivity index (χ4n) is 2.75. The molecule has 0 saturated heterocycles. The Bertz CT molecular complexity index is 1020. The van der Waals surface area contributed by atoms with Gasteiger partial charge in [-0.2, -0.15) is 4.73 Å². The zero-order valence-electron chi connectivity index (χ0n) is 15.7. The summed E-state index contributed by atoms with van der Waals surface area (Å²) >= 11 is 0. The zero-order valence-corrected chi connectivity index (χ0v) is 15.7. The van der Waals surface area contributed by atoms with Crippen LogP contribution in [0.2, 0.25) is 0 Å². The number of esters is 1. The van der Waals surface area contributed by atoms with Crippen molar-refractivity contribution >= 4 is 22.8 Å². The van der Waals surface area contributed by atoms with Crippen molar-refractivity contribution in [1.29, 1.82) is 0 Å². The fourth-order valence-corrected chi connectivity index (χ4v) is 2.75. The van der Waals surface area contributed by atoms with Gasteiger partial charge in [-0.15, -0.1) is 0 Å². The molecule has 0 bridgehead atoms. The fraction of sp³-hybridized carbons (Fsp3) is 0.238. The third kappa shape index (κ3) is 3.93. The van der Waals surface area contributed by atoms with Crippen LogP contribution in [0.25, 0.3) is 11.0 Å². The molecule has 28 heavy (non-hydrogen) atoms. The van der Waals surface area contributed by atoms with Gasteiger partial charge in [0.1, 0.15) is 17.9 Å². The number of benzene rings is 2. The molecule has 7 heteroatoms. The molecular formula is C21H20N2O5. The summed E-state index contributed by atoms with van der Waals surface area (Å²) in [4.78, 5) is 29.0. The van der Waals surface area contributed by atoms with Gasteiger partial charge < -0.3 is 14.7 Å². The van der Waals surface area contributed by atoms with Crippen LogP contribution in [-0.4, -0.2) is 23.3 Å². The summed E-state index contributed by atoms with van der Waals surface area (Å²) in [6, 6.07) is 13.3. The van der Waals surface area contributed by atoms with Crippen LogP contribution in [0.1, 0.15) is 42.0 Å². The molecule has 3 aromatic rings. The van der Waals surface area contributed by atoms with E-state index in [2.05, 4.69) is 4.98 Å². The van der Waals surface area contributed by atoms with Gasteiger partial charge in [0, 0.05) is 12.0 Å². The number of ether oxygens (including phenoxy) is 2. The molecule has 0 aliphatic heterocycles. The predicted molar refractivity (Wildman–Crippen MR) is 102 cm³/mol. The van der Waals surface area contributed by atoms with E-state index in [-0.39, 0.29) is 29.9 Å². The third-order valence-corrected chi connectivity index (χ3v) is 4.12. The van der Waals surface area contributed by atoms with Crippen molar-refractivity contribution in [3.8, 4) is 5.75 Å². The number of carbonyl (C=O) groups is 2. The highest BCUT2D eigenvalue weighted by molar-refractivity contribution is 6.07. The summed E-state index contributed by atoms with van der Waals surface area (Å²) in [6.45, 7) is 3.68. The molecule has 0 N–H and O–H groups in total. The van der Waals surface area contributed by atoms with E-state index in [1.54, 1.807) is 55.5 Å². The lowest BCUT2D eigenvalue weighted by atomic mass is 10.1. The quantitative estimate of drug-likeness (QED) is 0.271. The van der Waals surface area contributed by atoms with Crippen molar-refractivity contribution < 1.29 is 23.8 Å². The maximum Gasteiger partial charge on any atom is 0.305 e. The number of rotatable bonds is 7. The van der Waals surface area contributed by atoms with Crippen LogP contribution in [0.3, 0.4) is 0 Å².